The summed E-state index contributed by atoms with van der Waals surface area (Å²) in [6.07, 6.45) is 1.01. The van der Waals surface area contributed by atoms with Crippen molar-refractivity contribution < 1.29 is 4.74 Å². The van der Waals surface area contributed by atoms with Gasteiger partial charge in [-0.05, 0) is 25.3 Å². The van der Waals surface area contributed by atoms with E-state index in [1.807, 2.05) is 0 Å². The van der Waals surface area contributed by atoms with E-state index in [0.29, 0.717) is 0 Å². The molecule has 88 valence electrons. The topological polar surface area (TPSA) is 21.3 Å². The molecule has 0 fully saturated rings. The second kappa shape index (κ2) is 3.66. The van der Waals surface area contributed by atoms with Gasteiger partial charge in [0.15, 0.2) is 5.75 Å². The normalized spacial score (nSPS) is 17.8. The maximum absolute atomic E-state index is 6.20. The molecule has 0 aromatic heterocycles. The van der Waals surface area contributed by atoms with Gasteiger partial charge in [-0.1, -0.05) is 30.3 Å². The Hall–Kier alpha value is -1.70. The first-order chi connectivity index (χ1) is 8.16. The molecule has 0 spiro atoms. The third-order valence-electron chi connectivity index (χ3n) is 3.30. The Balaban J connectivity index is 2.23. The summed E-state index contributed by atoms with van der Waals surface area (Å²) in [5, 5.41) is 5.86. The van der Waals surface area contributed by atoms with E-state index in [2.05, 4.69) is 55.6 Å². The van der Waals surface area contributed by atoms with Crippen LogP contribution in [0.4, 0.5) is 5.69 Å². The molecule has 0 saturated carbocycles. The molecule has 0 unspecified atom stereocenters. The summed E-state index contributed by atoms with van der Waals surface area (Å²) >= 11 is 0. The zero-order valence-electron chi connectivity index (χ0n) is 10.3. The van der Waals surface area contributed by atoms with Crippen LogP contribution < -0.4 is 10.1 Å². The van der Waals surface area contributed by atoms with Crippen LogP contribution in [0.3, 0.4) is 0 Å². The zero-order chi connectivity index (χ0) is 11.9. The second-order valence-corrected chi connectivity index (χ2v) is 5.20. The highest BCUT2D eigenvalue weighted by atomic mass is 16.5. The lowest BCUT2D eigenvalue weighted by molar-refractivity contribution is 0.110. The van der Waals surface area contributed by atoms with Crippen molar-refractivity contribution in [3.8, 4) is 5.75 Å². The van der Waals surface area contributed by atoms with Crippen molar-refractivity contribution in [1.82, 2.24) is 0 Å². The lowest BCUT2D eigenvalue weighted by atomic mass is 10.1. The SMILES string of the molecule is CC1(C)CCNc2ccc3ccccc3c2O1. The van der Waals surface area contributed by atoms with Gasteiger partial charge in [0.1, 0.15) is 5.60 Å². The van der Waals surface area contributed by atoms with Gasteiger partial charge in [-0.25, -0.2) is 0 Å². The second-order valence-electron chi connectivity index (χ2n) is 5.20. The maximum atomic E-state index is 6.20. The number of benzene rings is 2. The van der Waals surface area contributed by atoms with Crippen molar-refractivity contribution in [1.29, 1.82) is 0 Å². The van der Waals surface area contributed by atoms with E-state index in [4.69, 9.17) is 4.74 Å². The van der Waals surface area contributed by atoms with Crippen LogP contribution in [0.2, 0.25) is 0 Å². The number of hydrogen-bond donors (Lipinski definition) is 1. The molecule has 0 atom stereocenters. The van der Waals surface area contributed by atoms with Gasteiger partial charge in [-0.15, -0.1) is 0 Å². The van der Waals surface area contributed by atoms with Crippen LogP contribution in [0.1, 0.15) is 20.3 Å². The van der Waals surface area contributed by atoms with Crippen molar-refractivity contribution in [2.24, 2.45) is 0 Å². The summed E-state index contributed by atoms with van der Waals surface area (Å²) in [7, 11) is 0. The molecule has 3 rings (SSSR count). The van der Waals surface area contributed by atoms with Crippen molar-refractivity contribution in [3.05, 3.63) is 36.4 Å². The predicted molar refractivity (Wildman–Crippen MR) is 71.8 cm³/mol. The summed E-state index contributed by atoms with van der Waals surface area (Å²) in [5.74, 6) is 0.991. The molecule has 2 nitrogen and oxygen atoms in total. The van der Waals surface area contributed by atoms with Gasteiger partial charge in [-0.3, -0.25) is 0 Å². The Morgan fingerprint density at radius 2 is 1.94 bits per heavy atom. The highest BCUT2D eigenvalue weighted by Gasteiger charge is 2.25. The van der Waals surface area contributed by atoms with E-state index < -0.39 is 0 Å². The first kappa shape index (κ1) is 10.5. The molecule has 1 aliphatic rings. The van der Waals surface area contributed by atoms with Gasteiger partial charge >= 0.3 is 0 Å². The van der Waals surface area contributed by atoms with Crippen LogP contribution in [0.15, 0.2) is 36.4 Å². The van der Waals surface area contributed by atoms with Gasteiger partial charge in [-0.2, -0.15) is 0 Å². The van der Waals surface area contributed by atoms with E-state index in [0.717, 1.165) is 24.4 Å². The van der Waals surface area contributed by atoms with Crippen LogP contribution in [0, 0.1) is 0 Å². The quantitative estimate of drug-likeness (QED) is 0.739. The molecule has 0 amide bonds. The van der Waals surface area contributed by atoms with Gasteiger partial charge in [0, 0.05) is 18.4 Å². The standard InChI is InChI=1S/C15H17NO/c1-15(2)9-10-16-13-8-7-11-5-3-4-6-12(11)14(13)17-15/h3-8,16H,9-10H2,1-2H3. The third kappa shape index (κ3) is 1.84. The number of hydrogen-bond acceptors (Lipinski definition) is 2. The Bertz CT molecular complexity index is 560. The molecule has 1 heterocycles. The average molecular weight is 227 g/mol. The first-order valence-corrected chi connectivity index (χ1v) is 6.10. The average Bonchev–Trinajstić information content (AvgIpc) is 2.46. The van der Waals surface area contributed by atoms with Crippen LogP contribution in [0.5, 0.6) is 5.75 Å². The zero-order valence-corrected chi connectivity index (χ0v) is 10.3. The van der Waals surface area contributed by atoms with Gasteiger partial charge in [0.25, 0.3) is 0 Å². The Kier molecular flexibility index (Phi) is 2.25. The van der Waals surface area contributed by atoms with E-state index >= 15 is 0 Å². The van der Waals surface area contributed by atoms with Crippen LogP contribution in [0.25, 0.3) is 10.8 Å². The van der Waals surface area contributed by atoms with Gasteiger partial charge < -0.3 is 10.1 Å². The number of rotatable bonds is 0. The fourth-order valence-electron chi connectivity index (χ4n) is 2.32. The lowest BCUT2D eigenvalue weighted by Crippen LogP contribution is -2.28. The predicted octanol–water partition coefficient (Wildman–Crippen LogP) is 3.81. The minimum Gasteiger partial charge on any atom is -0.485 e. The monoisotopic (exact) mass is 227 g/mol. The van der Waals surface area contributed by atoms with Crippen molar-refractivity contribution in [2.45, 2.75) is 25.9 Å². The Morgan fingerprint density at radius 1 is 1.12 bits per heavy atom. The van der Waals surface area contributed by atoms with E-state index in [9.17, 15) is 0 Å². The number of fused-ring (bicyclic) bond motifs is 3. The summed E-state index contributed by atoms with van der Waals surface area (Å²) < 4.78 is 6.20. The molecular weight excluding hydrogens is 210 g/mol. The fourth-order valence-corrected chi connectivity index (χ4v) is 2.32. The van der Waals surface area contributed by atoms with Gasteiger partial charge in [0.05, 0.1) is 5.69 Å². The maximum Gasteiger partial charge on any atom is 0.151 e. The highest BCUT2D eigenvalue weighted by Crippen LogP contribution is 2.38. The summed E-state index contributed by atoms with van der Waals surface area (Å²) in [5.41, 5.74) is 0.997. The smallest absolute Gasteiger partial charge is 0.151 e. The Morgan fingerprint density at radius 3 is 2.82 bits per heavy atom. The third-order valence-corrected chi connectivity index (χ3v) is 3.30. The number of ether oxygens (including phenoxy) is 1. The number of anilines is 1. The molecule has 1 N–H and O–H groups in total. The largest absolute Gasteiger partial charge is 0.485 e. The van der Waals surface area contributed by atoms with E-state index in [1.165, 1.54) is 10.8 Å². The highest BCUT2D eigenvalue weighted by molar-refractivity contribution is 5.93. The minimum absolute atomic E-state index is 0.109. The van der Waals surface area contributed by atoms with Crippen molar-refractivity contribution >= 4 is 16.5 Å². The molecule has 2 aromatic rings. The van der Waals surface area contributed by atoms with Crippen LogP contribution in [-0.4, -0.2) is 12.1 Å². The van der Waals surface area contributed by atoms with Crippen molar-refractivity contribution in [2.75, 3.05) is 11.9 Å². The molecule has 0 bridgehead atoms. The first-order valence-electron chi connectivity index (χ1n) is 6.10. The molecule has 2 heteroatoms. The molecule has 2 aromatic carbocycles. The van der Waals surface area contributed by atoms with Crippen LogP contribution >= 0.6 is 0 Å². The fraction of sp³-hybridized carbons (Fsp3) is 0.333. The molecule has 0 radical (unpaired) electrons. The summed E-state index contributed by atoms with van der Waals surface area (Å²) in [6, 6.07) is 12.6. The molecule has 1 aliphatic heterocycles. The summed E-state index contributed by atoms with van der Waals surface area (Å²) in [4.78, 5) is 0. The van der Waals surface area contributed by atoms with E-state index in [-0.39, 0.29) is 5.60 Å². The molecular formula is C15H17NO. The van der Waals surface area contributed by atoms with Crippen molar-refractivity contribution in [3.63, 3.8) is 0 Å². The molecule has 0 saturated heterocycles. The Labute approximate surface area is 102 Å². The number of nitrogens with one attached hydrogen (secondary N) is 1. The summed E-state index contributed by atoms with van der Waals surface area (Å²) in [6.45, 7) is 5.25. The molecule has 17 heavy (non-hydrogen) atoms. The lowest BCUT2D eigenvalue weighted by Gasteiger charge is -2.24. The van der Waals surface area contributed by atoms with E-state index in [1.54, 1.807) is 0 Å². The molecule has 0 aliphatic carbocycles. The minimum atomic E-state index is -0.109. The van der Waals surface area contributed by atoms with Crippen LogP contribution in [-0.2, 0) is 0 Å². The van der Waals surface area contributed by atoms with Gasteiger partial charge in [0.2, 0.25) is 0 Å².